The number of hydrogen-bond donors (Lipinski definition) is 3. The molecule has 3 N–H and O–H groups in total. The maximum atomic E-state index is 11.5. The lowest BCUT2D eigenvalue weighted by Crippen LogP contribution is -2.35. The van der Waals surface area contributed by atoms with Crippen molar-refractivity contribution < 1.29 is 9.90 Å². The van der Waals surface area contributed by atoms with E-state index in [0.29, 0.717) is 13.1 Å². The quantitative estimate of drug-likeness (QED) is 0.676. The Morgan fingerprint density at radius 1 is 1.28 bits per heavy atom. The van der Waals surface area contributed by atoms with Crippen molar-refractivity contribution in [1.29, 1.82) is 0 Å². The molecule has 0 aromatic heterocycles. The number of phenols is 1. The Balaban J connectivity index is 1.56. The highest BCUT2D eigenvalue weighted by molar-refractivity contribution is 5.77. The van der Waals surface area contributed by atoms with Crippen LogP contribution in [0.25, 0.3) is 0 Å². The summed E-state index contributed by atoms with van der Waals surface area (Å²) in [6.07, 6.45) is 3.39. The number of amides is 1. The highest BCUT2D eigenvalue weighted by Gasteiger charge is 2.20. The third-order valence-electron chi connectivity index (χ3n) is 3.09. The molecule has 1 saturated carbocycles. The van der Waals surface area contributed by atoms with Crippen molar-refractivity contribution in [3.8, 4) is 5.75 Å². The molecule has 2 rings (SSSR count). The SMILES string of the molecule is O=C(CNCC1CC1)NCCc1ccc(O)cc1. The van der Waals surface area contributed by atoms with E-state index >= 15 is 0 Å². The lowest BCUT2D eigenvalue weighted by atomic mass is 10.1. The van der Waals surface area contributed by atoms with Gasteiger partial charge in [-0.15, -0.1) is 0 Å². The van der Waals surface area contributed by atoms with Crippen LogP contribution in [0.2, 0.25) is 0 Å². The highest BCUT2D eigenvalue weighted by Crippen LogP contribution is 2.27. The summed E-state index contributed by atoms with van der Waals surface area (Å²) in [6, 6.07) is 7.06. The van der Waals surface area contributed by atoms with E-state index in [2.05, 4.69) is 10.6 Å². The largest absolute Gasteiger partial charge is 0.508 e. The minimum atomic E-state index is 0.0504. The molecule has 0 unspecified atom stereocenters. The molecule has 0 spiro atoms. The minimum absolute atomic E-state index is 0.0504. The number of aromatic hydroxyl groups is 1. The molecule has 1 amide bonds. The Kier molecular flexibility index (Phi) is 4.59. The summed E-state index contributed by atoms with van der Waals surface area (Å²) in [5.41, 5.74) is 1.11. The molecular formula is C14H20N2O2. The number of carbonyl (C=O) groups excluding carboxylic acids is 1. The Bertz CT molecular complexity index is 385. The first-order chi connectivity index (χ1) is 8.74. The second-order valence-electron chi connectivity index (χ2n) is 4.84. The van der Waals surface area contributed by atoms with Gasteiger partial charge in [-0.05, 0) is 49.4 Å². The summed E-state index contributed by atoms with van der Waals surface area (Å²) in [7, 11) is 0. The maximum absolute atomic E-state index is 11.5. The molecule has 1 aliphatic rings. The normalized spacial score (nSPS) is 14.4. The molecule has 4 nitrogen and oxygen atoms in total. The van der Waals surface area contributed by atoms with Crippen LogP contribution in [-0.2, 0) is 11.2 Å². The molecule has 1 aliphatic carbocycles. The Morgan fingerprint density at radius 2 is 2.00 bits per heavy atom. The molecule has 0 saturated heterocycles. The van der Waals surface area contributed by atoms with Crippen LogP contribution in [-0.4, -0.2) is 30.6 Å². The fourth-order valence-electron chi connectivity index (χ4n) is 1.78. The summed E-state index contributed by atoms with van der Waals surface area (Å²) >= 11 is 0. The Hall–Kier alpha value is -1.55. The van der Waals surface area contributed by atoms with Crippen LogP contribution in [0, 0.1) is 5.92 Å². The predicted molar refractivity (Wildman–Crippen MR) is 70.4 cm³/mol. The lowest BCUT2D eigenvalue weighted by molar-refractivity contribution is -0.120. The van der Waals surface area contributed by atoms with Crippen molar-refractivity contribution in [2.75, 3.05) is 19.6 Å². The maximum Gasteiger partial charge on any atom is 0.233 e. The highest BCUT2D eigenvalue weighted by atomic mass is 16.3. The number of benzene rings is 1. The van der Waals surface area contributed by atoms with Crippen molar-refractivity contribution in [2.45, 2.75) is 19.3 Å². The standard InChI is InChI=1S/C14H20N2O2/c17-13-5-3-11(4-6-13)7-8-16-14(18)10-15-9-12-1-2-12/h3-6,12,15,17H,1-2,7-10H2,(H,16,18). The van der Waals surface area contributed by atoms with Crippen LogP contribution < -0.4 is 10.6 Å². The molecule has 1 aromatic carbocycles. The minimum Gasteiger partial charge on any atom is -0.508 e. The average molecular weight is 248 g/mol. The van der Waals surface area contributed by atoms with E-state index in [1.807, 2.05) is 12.1 Å². The molecule has 1 fully saturated rings. The second kappa shape index (κ2) is 6.40. The molecule has 1 aromatic rings. The molecule has 4 heteroatoms. The van der Waals surface area contributed by atoms with Crippen LogP contribution >= 0.6 is 0 Å². The molecule has 0 radical (unpaired) electrons. The molecular weight excluding hydrogens is 228 g/mol. The van der Waals surface area contributed by atoms with E-state index in [1.54, 1.807) is 12.1 Å². The van der Waals surface area contributed by atoms with Crippen molar-refractivity contribution >= 4 is 5.91 Å². The van der Waals surface area contributed by atoms with Gasteiger partial charge >= 0.3 is 0 Å². The summed E-state index contributed by atoms with van der Waals surface area (Å²) in [4.78, 5) is 11.5. The lowest BCUT2D eigenvalue weighted by Gasteiger charge is -2.06. The van der Waals surface area contributed by atoms with Gasteiger partial charge in [-0.1, -0.05) is 12.1 Å². The van der Waals surface area contributed by atoms with E-state index < -0.39 is 0 Å². The molecule has 18 heavy (non-hydrogen) atoms. The van der Waals surface area contributed by atoms with E-state index in [4.69, 9.17) is 5.11 Å². The number of hydrogen-bond acceptors (Lipinski definition) is 3. The van der Waals surface area contributed by atoms with Crippen LogP contribution in [0.4, 0.5) is 0 Å². The molecule has 0 bridgehead atoms. The van der Waals surface area contributed by atoms with E-state index in [0.717, 1.165) is 24.4 Å². The van der Waals surface area contributed by atoms with E-state index in [1.165, 1.54) is 12.8 Å². The number of carbonyl (C=O) groups is 1. The van der Waals surface area contributed by atoms with Gasteiger partial charge in [0.15, 0.2) is 0 Å². The van der Waals surface area contributed by atoms with Gasteiger partial charge in [0, 0.05) is 6.54 Å². The third kappa shape index (κ3) is 4.75. The topological polar surface area (TPSA) is 61.4 Å². The summed E-state index contributed by atoms with van der Waals surface area (Å²) in [6.45, 7) is 2.01. The van der Waals surface area contributed by atoms with Crippen molar-refractivity contribution in [2.24, 2.45) is 5.92 Å². The van der Waals surface area contributed by atoms with Crippen LogP contribution in [0.1, 0.15) is 18.4 Å². The summed E-state index contributed by atoms with van der Waals surface area (Å²) < 4.78 is 0. The van der Waals surface area contributed by atoms with Crippen LogP contribution in [0.3, 0.4) is 0 Å². The average Bonchev–Trinajstić information content (AvgIpc) is 3.16. The number of phenolic OH excluding ortho intramolecular Hbond substituents is 1. The predicted octanol–water partition coefficient (Wildman–Crippen LogP) is 1.05. The zero-order valence-corrected chi connectivity index (χ0v) is 10.5. The van der Waals surface area contributed by atoms with Gasteiger partial charge in [-0.2, -0.15) is 0 Å². The van der Waals surface area contributed by atoms with Crippen molar-refractivity contribution in [3.63, 3.8) is 0 Å². The van der Waals surface area contributed by atoms with Gasteiger partial charge in [0.2, 0.25) is 5.91 Å². The first-order valence-corrected chi connectivity index (χ1v) is 6.49. The van der Waals surface area contributed by atoms with Gasteiger partial charge in [0.1, 0.15) is 5.75 Å². The van der Waals surface area contributed by atoms with Gasteiger partial charge in [-0.3, -0.25) is 4.79 Å². The van der Waals surface area contributed by atoms with Crippen LogP contribution in [0.5, 0.6) is 5.75 Å². The number of nitrogens with one attached hydrogen (secondary N) is 2. The molecule has 0 atom stereocenters. The third-order valence-corrected chi connectivity index (χ3v) is 3.09. The van der Waals surface area contributed by atoms with Gasteiger partial charge < -0.3 is 15.7 Å². The zero-order chi connectivity index (χ0) is 12.8. The van der Waals surface area contributed by atoms with Gasteiger partial charge in [0.05, 0.1) is 6.54 Å². The second-order valence-corrected chi connectivity index (χ2v) is 4.84. The first-order valence-electron chi connectivity index (χ1n) is 6.49. The fourth-order valence-corrected chi connectivity index (χ4v) is 1.78. The van der Waals surface area contributed by atoms with Crippen molar-refractivity contribution in [1.82, 2.24) is 10.6 Å². The monoisotopic (exact) mass is 248 g/mol. The van der Waals surface area contributed by atoms with Gasteiger partial charge in [-0.25, -0.2) is 0 Å². The smallest absolute Gasteiger partial charge is 0.233 e. The zero-order valence-electron chi connectivity index (χ0n) is 10.5. The summed E-state index contributed by atoms with van der Waals surface area (Å²) in [5, 5.41) is 15.2. The van der Waals surface area contributed by atoms with Crippen molar-refractivity contribution in [3.05, 3.63) is 29.8 Å². The molecule has 0 heterocycles. The Morgan fingerprint density at radius 3 is 2.67 bits per heavy atom. The Labute approximate surface area is 107 Å². The number of rotatable bonds is 7. The van der Waals surface area contributed by atoms with E-state index in [-0.39, 0.29) is 11.7 Å². The first kappa shape index (κ1) is 12.9. The summed E-state index contributed by atoms with van der Waals surface area (Å²) in [5.74, 6) is 1.12. The fraction of sp³-hybridized carbons (Fsp3) is 0.500. The van der Waals surface area contributed by atoms with Crippen LogP contribution in [0.15, 0.2) is 24.3 Å². The van der Waals surface area contributed by atoms with E-state index in [9.17, 15) is 4.79 Å². The van der Waals surface area contributed by atoms with Gasteiger partial charge in [0.25, 0.3) is 0 Å². The molecule has 98 valence electrons. The molecule has 0 aliphatic heterocycles.